The van der Waals surface area contributed by atoms with Crippen LogP contribution in [0.1, 0.15) is 36.9 Å². The average Bonchev–Trinajstić information content (AvgIpc) is 2.78. The van der Waals surface area contributed by atoms with E-state index in [1.54, 1.807) is 0 Å². The zero-order valence-electron chi connectivity index (χ0n) is 14.6. The van der Waals surface area contributed by atoms with Crippen molar-refractivity contribution < 1.29 is 0 Å². The van der Waals surface area contributed by atoms with E-state index in [9.17, 15) is 0 Å². The SMILES string of the molecule is CC1=C2C=CC=CC1CCC2=NC(c1ccccc1)c1ccccc1. The molecule has 2 aromatic rings. The van der Waals surface area contributed by atoms with E-state index in [4.69, 9.17) is 4.99 Å². The highest BCUT2D eigenvalue weighted by molar-refractivity contribution is 6.04. The van der Waals surface area contributed by atoms with Crippen molar-refractivity contribution in [3.63, 3.8) is 0 Å². The van der Waals surface area contributed by atoms with Crippen LogP contribution in [0.25, 0.3) is 0 Å². The van der Waals surface area contributed by atoms with Crippen LogP contribution in [0.4, 0.5) is 0 Å². The lowest BCUT2D eigenvalue weighted by atomic mass is 9.82. The Hall–Kier alpha value is -2.67. The Morgan fingerprint density at radius 2 is 1.52 bits per heavy atom. The smallest absolute Gasteiger partial charge is 0.100 e. The minimum atomic E-state index is 0.0545. The highest BCUT2D eigenvalue weighted by Crippen LogP contribution is 2.34. The van der Waals surface area contributed by atoms with Crippen LogP contribution in [0.15, 0.2) is 101 Å². The van der Waals surface area contributed by atoms with Gasteiger partial charge >= 0.3 is 0 Å². The summed E-state index contributed by atoms with van der Waals surface area (Å²) in [6.45, 7) is 2.26. The van der Waals surface area contributed by atoms with Gasteiger partial charge in [-0.25, -0.2) is 0 Å². The molecule has 25 heavy (non-hydrogen) atoms. The van der Waals surface area contributed by atoms with Crippen molar-refractivity contribution in [2.45, 2.75) is 25.8 Å². The van der Waals surface area contributed by atoms with Crippen molar-refractivity contribution in [2.75, 3.05) is 0 Å². The van der Waals surface area contributed by atoms with Crippen molar-refractivity contribution in [3.8, 4) is 0 Å². The maximum absolute atomic E-state index is 5.27. The molecule has 0 saturated carbocycles. The van der Waals surface area contributed by atoms with Crippen LogP contribution in [0.2, 0.25) is 0 Å². The summed E-state index contributed by atoms with van der Waals surface area (Å²) in [5.41, 5.74) is 6.52. The van der Waals surface area contributed by atoms with Crippen LogP contribution in [-0.2, 0) is 0 Å². The highest BCUT2D eigenvalue weighted by atomic mass is 14.8. The van der Waals surface area contributed by atoms with Crippen LogP contribution < -0.4 is 0 Å². The summed E-state index contributed by atoms with van der Waals surface area (Å²) in [5.74, 6) is 0.566. The fourth-order valence-corrected chi connectivity index (χ4v) is 3.79. The molecule has 0 fully saturated rings. The molecule has 124 valence electrons. The Balaban J connectivity index is 1.80. The molecule has 1 unspecified atom stereocenters. The molecular formula is C24H23N. The van der Waals surface area contributed by atoms with Gasteiger partial charge < -0.3 is 0 Å². The van der Waals surface area contributed by atoms with Gasteiger partial charge in [0.1, 0.15) is 6.04 Å². The molecule has 1 nitrogen and oxygen atoms in total. The van der Waals surface area contributed by atoms with Crippen LogP contribution in [0, 0.1) is 5.92 Å². The lowest BCUT2D eigenvalue weighted by Crippen LogP contribution is -2.17. The molecule has 0 radical (unpaired) electrons. The summed E-state index contributed by atoms with van der Waals surface area (Å²) < 4.78 is 0. The van der Waals surface area contributed by atoms with Crippen molar-refractivity contribution in [1.82, 2.24) is 0 Å². The van der Waals surface area contributed by atoms with E-state index >= 15 is 0 Å². The summed E-state index contributed by atoms with van der Waals surface area (Å²) >= 11 is 0. The Morgan fingerprint density at radius 3 is 2.16 bits per heavy atom. The van der Waals surface area contributed by atoms with Crippen molar-refractivity contribution in [2.24, 2.45) is 10.9 Å². The van der Waals surface area contributed by atoms with Crippen molar-refractivity contribution in [3.05, 3.63) is 107 Å². The quantitative estimate of drug-likeness (QED) is 0.649. The van der Waals surface area contributed by atoms with Gasteiger partial charge in [0.05, 0.1) is 0 Å². The molecule has 0 aromatic heterocycles. The van der Waals surface area contributed by atoms with Gasteiger partial charge in [-0.05, 0) is 42.4 Å². The second kappa shape index (κ2) is 7.06. The number of hydrogen-bond donors (Lipinski definition) is 0. The normalized spacial score (nSPS) is 21.0. The van der Waals surface area contributed by atoms with E-state index in [1.165, 1.54) is 28.0 Å². The average molecular weight is 325 g/mol. The predicted octanol–water partition coefficient (Wildman–Crippen LogP) is 6.07. The van der Waals surface area contributed by atoms with E-state index in [-0.39, 0.29) is 6.04 Å². The lowest BCUT2D eigenvalue weighted by molar-refractivity contribution is 0.674. The largest absolute Gasteiger partial charge is 0.276 e. The maximum Gasteiger partial charge on any atom is 0.100 e. The molecule has 2 aliphatic carbocycles. The van der Waals surface area contributed by atoms with Crippen molar-refractivity contribution >= 4 is 5.71 Å². The summed E-state index contributed by atoms with van der Waals surface area (Å²) in [6, 6.07) is 21.3. The van der Waals surface area contributed by atoms with Gasteiger partial charge in [-0.15, -0.1) is 0 Å². The number of allylic oxidation sites excluding steroid dienone is 6. The molecule has 0 aliphatic heterocycles. The minimum Gasteiger partial charge on any atom is -0.276 e. The molecule has 1 heteroatoms. The third-order valence-electron chi connectivity index (χ3n) is 5.22. The van der Waals surface area contributed by atoms with Gasteiger partial charge in [-0.2, -0.15) is 0 Å². The second-order valence-electron chi connectivity index (χ2n) is 6.79. The number of aliphatic imine (C=N–C) groups is 1. The molecule has 4 rings (SSSR count). The molecular weight excluding hydrogens is 302 g/mol. The molecule has 0 heterocycles. The van der Waals surface area contributed by atoms with E-state index in [0.29, 0.717) is 5.92 Å². The molecule has 0 N–H and O–H groups in total. The third kappa shape index (κ3) is 3.28. The zero-order valence-corrected chi connectivity index (χ0v) is 14.6. The first-order valence-corrected chi connectivity index (χ1v) is 9.05. The van der Waals surface area contributed by atoms with Gasteiger partial charge in [0.2, 0.25) is 0 Å². The van der Waals surface area contributed by atoms with Gasteiger partial charge in [-0.3, -0.25) is 4.99 Å². The molecule has 0 saturated heterocycles. The monoisotopic (exact) mass is 325 g/mol. The summed E-state index contributed by atoms with van der Waals surface area (Å²) in [5, 5.41) is 0. The van der Waals surface area contributed by atoms with Crippen LogP contribution in [-0.4, -0.2) is 5.71 Å². The second-order valence-corrected chi connectivity index (χ2v) is 6.79. The van der Waals surface area contributed by atoms with Crippen LogP contribution in [0.5, 0.6) is 0 Å². The topological polar surface area (TPSA) is 12.4 Å². The number of benzene rings is 2. The van der Waals surface area contributed by atoms with Gasteiger partial charge in [0.15, 0.2) is 0 Å². The van der Waals surface area contributed by atoms with E-state index in [2.05, 4.69) is 91.9 Å². The number of rotatable bonds is 3. The number of hydrogen-bond acceptors (Lipinski definition) is 1. The van der Waals surface area contributed by atoms with Crippen LogP contribution in [0.3, 0.4) is 0 Å². The molecule has 2 bridgehead atoms. The number of nitrogens with zero attached hydrogens (tertiary/aromatic N) is 1. The third-order valence-corrected chi connectivity index (χ3v) is 5.22. The maximum atomic E-state index is 5.27. The first-order valence-electron chi connectivity index (χ1n) is 9.05. The lowest BCUT2D eigenvalue weighted by Gasteiger charge is -2.25. The summed E-state index contributed by atoms with van der Waals surface area (Å²) in [7, 11) is 0. The standard InChI is InChI=1S/C24H23N/c1-18-19-10-8-9-15-22(18)23(17-16-19)25-24(20-11-4-2-5-12-20)21-13-6-3-7-14-21/h2-15,19,24H,16-17H2,1H3. The predicted molar refractivity (Wildman–Crippen MR) is 106 cm³/mol. The van der Waals surface area contributed by atoms with Gasteiger partial charge in [0.25, 0.3) is 0 Å². The molecule has 2 aromatic carbocycles. The Labute approximate surface area is 150 Å². The Morgan fingerprint density at radius 1 is 0.880 bits per heavy atom. The van der Waals surface area contributed by atoms with Crippen molar-refractivity contribution in [1.29, 1.82) is 0 Å². The summed E-state index contributed by atoms with van der Waals surface area (Å²) in [6.07, 6.45) is 11.1. The fourth-order valence-electron chi connectivity index (χ4n) is 3.79. The Bertz CT molecular complexity index is 814. The molecule has 2 aliphatic rings. The summed E-state index contributed by atoms with van der Waals surface area (Å²) in [4.78, 5) is 5.27. The first-order chi connectivity index (χ1) is 12.3. The highest BCUT2D eigenvalue weighted by Gasteiger charge is 2.24. The van der Waals surface area contributed by atoms with Gasteiger partial charge in [-0.1, -0.05) is 90.5 Å². The Kier molecular flexibility index (Phi) is 4.47. The van der Waals surface area contributed by atoms with E-state index in [1.807, 2.05) is 0 Å². The zero-order chi connectivity index (χ0) is 17.1. The van der Waals surface area contributed by atoms with Gasteiger partial charge in [0, 0.05) is 5.71 Å². The van der Waals surface area contributed by atoms with E-state index < -0.39 is 0 Å². The molecule has 0 amide bonds. The van der Waals surface area contributed by atoms with E-state index in [0.717, 1.165) is 12.8 Å². The first kappa shape index (κ1) is 15.8. The molecule has 0 spiro atoms. The molecule has 1 atom stereocenters. The number of fused-ring (bicyclic) bond motifs is 1. The van der Waals surface area contributed by atoms with Crippen LogP contribution >= 0.6 is 0 Å². The fraction of sp³-hybridized carbons (Fsp3) is 0.208. The minimum absolute atomic E-state index is 0.0545.